The van der Waals surface area contributed by atoms with E-state index in [2.05, 4.69) is 20.9 Å². The van der Waals surface area contributed by atoms with Crippen LogP contribution in [0.25, 0.3) is 6.08 Å². The van der Waals surface area contributed by atoms with Crippen LogP contribution in [0.4, 0.5) is 5.69 Å². The van der Waals surface area contributed by atoms with Gasteiger partial charge in [0.15, 0.2) is 0 Å². The molecule has 0 atom stereocenters. The van der Waals surface area contributed by atoms with E-state index in [4.69, 9.17) is 23.2 Å². The zero-order chi connectivity index (χ0) is 22.4. The summed E-state index contributed by atoms with van der Waals surface area (Å²) < 4.78 is 0. The van der Waals surface area contributed by atoms with Gasteiger partial charge in [-0.15, -0.1) is 0 Å². The molecular weight excluding hydrogens is 441 g/mol. The number of benzene rings is 2. The molecule has 3 N–H and O–H groups in total. The molecule has 1 aromatic heterocycles. The first-order chi connectivity index (χ1) is 14.9. The van der Waals surface area contributed by atoms with E-state index in [0.717, 1.165) is 0 Å². The summed E-state index contributed by atoms with van der Waals surface area (Å²) in [5.74, 6) is -1.14. The summed E-state index contributed by atoms with van der Waals surface area (Å²) >= 11 is 12.2. The summed E-state index contributed by atoms with van der Waals surface area (Å²) in [7, 11) is 1.48. The molecule has 0 radical (unpaired) electrons. The normalized spacial score (nSPS) is 11.0. The molecule has 3 rings (SSSR count). The number of hydrazine groups is 1. The van der Waals surface area contributed by atoms with E-state index in [1.54, 1.807) is 54.6 Å². The maximum atomic E-state index is 13.0. The van der Waals surface area contributed by atoms with E-state index < -0.39 is 17.4 Å². The van der Waals surface area contributed by atoms with Crippen molar-refractivity contribution in [2.45, 2.75) is 0 Å². The quantitative estimate of drug-likeness (QED) is 0.389. The average molecular weight is 458 g/mol. The fourth-order valence-electron chi connectivity index (χ4n) is 2.57. The molecule has 0 unspecified atom stereocenters. The van der Waals surface area contributed by atoms with E-state index >= 15 is 0 Å². The molecular formula is C21H17Cl2N5O3. The van der Waals surface area contributed by atoms with Crippen molar-refractivity contribution in [3.8, 4) is 0 Å². The number of nitrogens with one attached hydrogen (secondary N) is 3. The van der Waals surface area contributed by atoms with Crippen LogP contribution in [0.1, 0.15) is 15.9 Å². The Morgan fingerprint density at radius 1 is 1.06 bits per heavy atom. The summed E-state index contributed by atoms with van der Waals surface area (Å²) in [6.45, 7) is 0. The highest BCUT2D eigenvalue weighted by atomic mass is 35.5. The van der Waals surface area contributed by atoms with Crippen molar-refractivity contribution in [2.24, 2.45) is 0 Å². The van der Waals surface area contributed by atoms with Gasteiger partial charge in [-0.2, -0.15) is 5.10 Å². The maximum absolute atomic E-state index is 13.0. The number of nitrogens with zero attached hydrogens (tertiary/aromatic N) is 2. The van der Waals surface area contributed by atoms with Crippen molar-refractivity contribution < 1.29 is 9.59 Å². The summed E-state index contributed by atoms with van der Waals surface area (Å²) in [6.07, 6.45) is 2.73. The number of H-pyrrole nitrogens is 1. The van der Waals surface area contributed by atoms with Crippen molar-refractivity contribution in [1.82, 2.24) is 20.9 Å². The van der Waals surface area contributed by atoms with Gasteiger partial charge in [0.25, 0.3) is 17.4 Å². The molecule has 0 fully saturated rings. The first kappa shape index (κ1) is 22.1. The number of aromatic amines is 1. The first-order valence-corrected chi connectivity index (χ1v) is 9.73. The van der Waals surface area contributed by atoms with Gasteiger partial charge in [0.1, 0.15) is 16.4 Å². The molecule has 0 aliphatic carbocycles. The summed E-state index contributed by atoms with van der Waals surface area (Å²) in [5, 5.41) is 9.94. The largest absolute Gasteiger partial charge is 0.317 e. The Morgan fingerprint density at radius 3 is 2.45 bits per heavy atom. The Morgan fingerprint density at radius 2 is 1.74 bits per heavy atom. The van der Waals surface area contributed by atoms with E-state index in [1.807, 2.05) is 0 Å². The molecule has 2 amide bonds. The van der Waals surface area contributed by atoms with Crippen LogP contribution in [0.2, 0.25) is 10.0 Å². The Balaban J connectivity index is 1.90. The standard InChI is InChI=1S/C21H17Cl2N5O3/c1-28(17-12-24-26-21(31)18(17)23)27-20(30)16(11-14-9-5-6-10-15(14)22)25-19(29)13-7-3-2-4-8-13/h2-12H,1H3,(H,25,29)(H,26,31)(H,27,30)/b16-11+. The number of rotatable bonds is 6. The van der Waals surface area contributed by atoms with Crippen molar-refractivity contribution in [3.05, 3.63) is 98.0 Å². The van der Waals surface area contributed by atoms with Crippen LogP contribution >= 0.6 is 23.2 Å². The molecule has 0 bridgehead atoms. The summed E-state index contributed by atoms with van der Waals surface area (Å²) in [6, 6.07) is 15.3. The summed E-state index contributed by atoms with van der Waals surface area (Å²) in [5.41, 5.74) is 2.95. The number of aromatic nitrogens is 2. The predicted octanol–water partition coefficient (Wildman–Crippen LogP) is 3.02. The van der Waals surface area contributed by atoms with Gasteiger partial charge in [-0.1, -0.05) is 59.6 Å². The van der Waals surface area contributed by atoms with Crippen molar-refractivity contribution in [3.63, 3.8) is 0 Å². The van der Waals surface area contributed by atoms with Gasteiger partial charge in [-0.3, -0.25) is 24.8 Å². The lowest BCUT2D eigenvalue weighted by Crippen LogP contribution is -2.44. The number of anilines is 1. The minimum Gasteiger partial charge on any atom is -0.317 e. The molecule has 0 spiro atoms. The van der Waals surface area contributed by atoms with Crippen LogP contribution in [-0.2, 0) is 4.79 Å². The number of carbonyl (C=O) groups is 2. The number of hydrogen-bond donors (Lipinski definition) is 3. The lowest BCUT2D eigenvalue weighted by Gasteiger charge is -2.21. The lowest BCUT2D eigenvalue weighted by molar-refractivity contribution is -0.117. The van der Waals surface area contributed by atoms with E-state index in [1.165, 1.54) is 24.3 Å². The smallest absolute Gasteiger partial charge is 0.286 e. The molecule has 0 saturated carbocycles. The van der Waals surface area contributed by atoms with Gasteiger partial charge in [-0.05, 0) is 29.8 Å². The fourth-order valence-corrected chi connectivity index (χ4v) is 2.98. The lowest BCUT2D eigenvalue weighted by atomic mass is 10.1. The Hall–Kier alpha value is -3.62. The second-order valence-corrected chi connectivity index (χ2v) is 7.08. The minimum atomic E-state index is -0.664. The SMILES string of the molecule is CN(NC(=O)/C(=C\c1ccccc1Cl)NC(=O)c1ccccc1)c1cn[nH]c(=O)c1Cl. The highest BCUT2D eigenvalue weighted by molar-refractivity contribution is 6.33. The minimum absolute atomic E-state index is 0.0669. The molecule has 3 aromatic rings. The number of amides is 2. The second-order valence-electron chi connectivity index (χ2n) is 6.30. The summed E-state index contributed by atoms with van der Waals surface area (Å²) in [4.78, 5) is 37.3. The van der Waals surface area contributed by atoms with Crippen LogP contribution in [-0.4, -0.2) is 29.1 Å². The number of carbonyl (C=O) groups excluding carboxylic acids is 2. The predicted molar refractivity (Wildman–Crippen MR) is 120 cm³/mol. The Bertz CT molecular complexity index is 1190. The molecule has 8 nitrogen and oxygen atoms in total. The van der Waals surface area contributed by atoms with Gasteiger partial charge in [0, 0.05) is 17.6 Å². The van der Waals surface area contributed by atoms with Gasteiger partial charge >= 0.3 is 0 Å². The molecule has 2 aromatic carbocycles. The highest BCUT2D eigenvalue weighted by Gasteiger charge is 2.18. The number of halogens is 2. The van der Waals surface area contributed by atoms with Crippen LogP contribution < -0.4 is 21.3 Å². The van der Waals surface area contributed by atoms with E-state index in [9.17, 15) is 14.4 Å². The zero-order valence-corrected chi connectivity index (χ0v) is 17.7. The van der Waals surface area contributed by atoms with Crippen molar-refractivity contribution >= 4 is 46.8 Å². The highest BCUT2D eigenvalue weighted by Crippen LogP contribution is 2.19. The van der Waals surface area contributed by atoms with E-state index in [0.29, 0.717) is 16.1 Å². The molecule has 0 aliphatic rings. The van der Waals surface area contributed by atoms with Crippen molar-refractivity contribution in [1.29, 1.82) is 0 Å². The van der Waals surface area contributed by atoms with Crippen molar-refractivity contribution in [2.75, 3.05) is 12.1 Å². The third kappa shape index (κ3) is 5.50. The zero-order valence-electron chi connectivity index (χ0n) is 16.2. The molecule has 0 aliphatic heterocycles. The molecule has 158 valence electrons. The maximum Gasteiger partial charge on any atom is 0.286 e. The third-order valence-electron chi connectivity index (χ3n) is 4.14. The van der Waals surface area contributed by atoms with Crippen LogP contribution in [0.15, 0.2) is 71.3 Å². The van der Waals surface area contributed by atoms with Gasteiger partial charge in [0.05, 0.1) is 6.20 Å². The fraction of sp³-hybridized carbons (Fsp3) is 0.0476. The number of hydrogen-bond acceptors (Lipinski definition) is 5. The van der Waals surface area contributed by atoms with Crippen LogP contribution in [0.3, 0.4) is 0 Å². The topological polar surface area (TPSA) is 107 Å². The Kier molecular flexibility index (Phi) is 7.07. The molecule has 31 heavy (non-hydrogen) atoms. The van der Waals surface area contributed by atoms with Gasteiger partial charge in [0.2, 0.25) is 0 Å². The van der Waals surface area contributed by atoms with Gasteiger partial charge in [-0.25, -0.2) is 5.10 Å². The second kappa shape index (κ2) is 9.92. The van der Waals surface area contributed by atoms with Crippen LogP contribution in [0, 0.1) is 0 Å². The molecule has 1 heterocycles. The third-order valence-corrected chi connectivity index (χ3v) is 4.85. The first-order valence-electron chi connectivity index (χ1n) is 8.97. The van der Waals surface area contributed by atoms with Crippen LogP contribution in [0.5, 0.6) is 0 Å². The van der Waals surface area contributed by atoms with Gasteiger partial charge < -0.3 is 5.32 Å². The monoisotopic (exact) mass is 457 g/mol. The molecule has 0 saturated heterocycles. The van der Waals surface area contributed by atoms with E-state index in [-0.39, 0.29) is 16.4 Å². The average Bonchev–Trinajstić information content (AvgIpc) is 2.77. The Labute approximate surface area is 187 Å². The molecule has 10 heteroatoms.